The van der Waals surface area contributed by atoms with Gasteiger partial charge in [-0.05, 0) is 38.3 Å². The van der Waals surface area contributed by atoms with Crippen molar-refractivity contribution in [2.75, 3.05) is 0 Å². The highest BCUT2D eigenvalue weighted by molar-refractivity contribution is 7.89. The van der Waals surface area contributed by atoms with Crippen LogP contribution >= 0.6 is 0 Å². The molecule has 1 aromatic rings. The minimum absolute atomic E-state index is 0.0139. The van der Waals surface area contributed by atoms with Gasteiger partial charge < -0.3 is 5.11 Å². The number of rotatable bonds is 2. The molecule has 98 valence electrons. The smallest absolute Gasteiger partial charge is 0.243 e. The Morgan fingerprint density at radius 2 is 1.89 bits per heavy atom. The quantitative estimate of drug-likeness (QED) is 0.821. The molecule has 0 radical (unpaired) electrons. The van der Waals surface area contributed by atoms with Gasteiger partial charge in [0.05, 0.1) is 17.0 Å². The average Bonchev–Trinajstić information content (AvgIpc) is 3.06. The van der Waals surface area contributed by atoms with Crippen molar-refractivity contribution in [3.63, 3.8) is 0 Å². The van der Waals surface area contributed by atoms with Crippen molar-refractivity contribution in [3.05, 3.63) is 29.8 Å². The average molecular weight is 267 g/mol. The van der Waals surface area contributed by atoms with Crippen LogP contribution in [-0.4, -0.2) is 36.0 Å². The highest BCUT2D eigenvalue weighted by Gasteiger charge is 2.59. The predicted octanol–water partition coefficient (Wildman–Crippen LogP) is 1.28. The van der Waals surface area contributed by atoms with Crippen molar-refractivity contribution in [1.82, 2.24) is 4.31 Å². The van der Waals surface area contributed by atoms with Gasteiger partial charge in [0.15, 0.2) is 0 Å². The van der Waals surface area contributed by atoms with Crippen molar-refractivity contribution >= 4 is 10.0 Å². The molecule has 5 heteroatoms. The molecule has 0 spiro atoms. The lowest BCUT2D eigenvalue weighted by molar-refractivity contribution is 0.142. The zero-order valence-electron chi connectivity index (χ0n) is 10.3. The van der Waals surface area contributed by atoms with Gasteiger partial charge in [0.2, 0.25) is 10.0 Å². The number of hydrogen-bond donors (Lipinski definition) is 1. The second-order valence-corrected chi connectivity index (χ2v) is 7.05. The molecule has 0 amide bonds. The van der Waals surface area contributed by atoms with Crippen LogP contribution in [0.25, 0.3) is 0 Å². The first kappa shape index (κ1) is 12.1. The lowest BCUT2D eigenvalue weighted by Crippen LogP contribution is -2.23. The van der Waals surface area contributed by atoms with Gasteiger partial charge in [0.1, 0.15) is 0 Å². The Hall–Kier alpha value is -0.910. The fraction of sp³-hybridized carbons (Fsp3) is 0.538. The first-order valence-corrected chi connectivity index (χ1v) is 7.74. The van der Waals surface area contributed by atoms with E-state index < -0.39 is 16.1 Å². The summed E-state index contributed by atoms with van der Waals surface area (Å²) in [5, 5.41) is 9.84. The van der Waals surface area contributed by atoms with Gasteiger partial charge in [-0.25, -0.2) is 8.42 Å². The summed E-state index contributed by atoms with van der Waals surface area (Å²) < 4.78 is 26.3. The summed E-state index contributed by atoms with van der Waals surface area (Å²) in [6, 6.07) is 6.71. The molecular formula is C13H17NO3S. The Kier molecular flexibility index (Phi) is 2.73. The standard InChI is InChI=1S/C13H17NO3S/c1-9-5-7-10(8-6-9)18(16,17)14-11-3-2-4-12(15)13(11)14/h5-8,11-13,15H,2-4H2,1H3. The first-order valence-electron chi connectivity index (χ1n) is 6.30. The van der Waals surface area contributed by atoms with E-state index in [1.165, 1.54) is 4.31 Å². The number of aryl methyl sites for hydroxylation is 1. The number of sulfonamides is 1. The van der Waals surface area contributed by atoms with Crippen LogP contribution in [0.4, 0.5) is 0 Å². The molecule has 2 aliphatic rings. The van der Waals surface area contributed by atoms with Crippen molar-refractivity contribution in [2.45, 2.75) is 49.3 Å². The van der Waals surface area contributed by atoms with E-state index in [4.69, 9.17) is 0 Å². The van der Waals surface area contributed by atoms with Gasteiger partial charge in [0, 0.05) is 6.04 Å². The van der Waals surface area contributed by atoms with Crippen LogP contribution in [0.1, 0.15) is 24.8 Å². The summed E-state index contributed by atoms with van der Waals surface area (Å²) >= 11 is 0. The Balaban J connectivity index is 1.90. The second kappa shape index (κ2) is 4.05. The monoisotopic (exact) mass is 267 g/mol. The number of nitrogens with zero attached hydrogens (tertiary/aromatic N) is 1. The number of fused-ring (bicyclic) bond motifs is 1. The summed E-state index contributed by atoms with van der Waals surface area (Å²) in [6.45, 7) is 1.93. The Morgan fingerprint density at radius 1 is 1.22 bits per heavy atom. The van der Waals surface area contributed by atoms with Crippen LogP contribution in [-0.2, 0) is 10.0 Å². The van der Waals surface area contributed by atoms with Gasteiger partial charge in [-0.2, -0.15) is 4.31 Å². The van der Waals surface area contributed by atoms with Gasteiger partial charge in [-0.3, -0.25) is 0 Å². The van der Waals surface area contributed by atoms with Crippen molar-refractivity contribution in [2.24, 2.45) is 0 Å². The lowest BCUT2D eigenvalue weighted by atomic mass is 9.98. The zero-order valence-corrected chi connectivity index (χ0v) is 11.1. The molecule has 3 rings (SSSR count). The highest BCUT2D eigenvalue weighted by Crippen LogP contribution is 2.44. The molecule has 1 N–H and O–H groups in total. The maximum Gasteiger partial charge on any atom is 0.243 e. The van der Waals surface area contributed by atoms with Crippen LogP contribution in [0.5, 0.6) is 0 Å². The molecule has 18 heavy (non-hydrogen) atoms. The number of aliphatic hydroxyl groups is 1. The third-order valence-corrected chi connectivity index (χ3v) is 5.85. The van der Waals surface area contributed by atoms with E-state index in [2.05, 4.69) is 0 Å². The van der Waals surface area contributed by atoms with E-state index in [1.807, 2.05) is 6.92 Å². The van der Waals surface area contributed by atoms with Gasteiger partial charge in [-0.15, -0.1) is 0 Å². The molecular weight excluding hydrogens is 250 g/mol. The summed E-state index contributed by atoms with van der Waals surface area (Å²) in [5.41, 5.74) is 1.04. The van der Waals surface area contributed by atoms with Crippen LogP contribution in [0, 0.1) is 6.92 Å². The van der Waals surface area contributed by atoms with Crippen LogP contribution in [0.2, 0.25) is 0 Å². The lowest BCUT2D eigenvalue weighted by Gasteiger charge is -2.12. The molecule has 1 saturated carbocycles. The second-order valence-electron chi connectivity index (χ2n) is 5.20. The zero-order chi connectivity index (χ0) is 12.9. The molecule has 0 bridgehead atoms. The van der Waals surface area contributed by atoms with Gasteiger partial charge >= 0.3 is 0 Å². The van der Waals surface area contributed by atoms with Crippen LogP contribution in [0.15, 0.2) is 29.2 Å². The first-order chi connectivity index (χ1) is 8.51. The van der Waals surface area contributed by atoms with Crippen molar-refractivity contribution in [1.29, 1.82) is 0 Å². The fourth-order valence-electron chi connectivity index (χ4n) is 2.88. The number of aliphatic hydroxyl groups excluding tert-OH is 1. The SMILES string of the molecule is Cc1ccc(S(=O)(=O)N2C3CCCC(O)C32)cc1. The fourth-order valence-corrected chi connectivity index (χ4v) is 4.74. The van der Waals surface area contributed by atoms with Crippen molar-refractivity contribution < 1.29 is 13.5 Å². The van der Waals surface area contributed by atoms with E-state index in [1.54, 1.807) is 24.3 Å². The minimum atomic E-state index is -3.42. The van der Waals surface area contributed by atoms with Crippen LogP contribution in [0.3, 0.4) is 0 Å². The molecule has 1 aliphatic carbocycles. The predicted molar refractivity (Wildman–Crippen MR) is 67.6 cm³/mol. The Bertz CT molecular complexity index is 552. The summed E-state index contributed by atoms with van der Waals surface area (Å²) in [7, 11) is -3.42. The molecule has 1 aromatic carbocycles. The number of benzene rings is 1. The van der Waals surface area contributed by atoms with E-state index in [0.29, 0.717) is 11.3 Å². The van der Waals surface area contributed by atoms with E-state index >= 15 is 0 Å². The van der Waals surface area contributed by atoms with E-state index in [9.17, 15) is 13.5 Å². The summed E-state index contributed by atoms with van der Waals surface area (Å²) in [5.74, 6) is 0. The maximum atomic E-state index is 12.4. The molecule has 0 aromatic heterocycles. The molecule has 2 fully saturated rings. The highest BCUT2D eigenvalue weighted by atomic mass is 32.2. The van der Waals surface area contributed by atoms with Gasteiger partial charge in [-0.1, -0.05) is 17.7 Å². The molecule has 4 unspecified atom stereocenters. The Morgan fingerprint density at radius 3 is 2.50 bits per heavy atom. The summed E-state index contributed by atoms with van der Waals surface area (Å²) in [4.78, 5) is 0.328. The largest absolute Gasteiger partial charge is 0.391 e. The molecule has 1 aliphatic heterocycles. The number of hydrogen-bond acceptors (Lipinski definition) is 3. The minimum Gasteiger partial charge on any atom is -0.391 e. The van der Waals surface area contributed by atoms with Crippen molar-refractivity contribution in [3.8, 4) is 0 Å². The normalized spacial score (nSPS) is 35.0. The Labute approximate surface area is 107 Å². The molecule has 1 heterocycles. The van der Waals surface area contributed by atoms with E-state index in [0.717, 1.165) is 18.4 Å². The molecule has 1 saturated heterocycles. The topological polar surface area (TPSA) is 57.4 Å². The van der Waals surface area contributed by atoms with Gasteiger partial charge in [0.25, 0.3) is 0 Å². The van der Waals surface area contributed by atoms with Crippen LogP contribution < -0.4 is 0 Å². The van der Waals surface area contributed by atoms with E-state index in [-0.39, 0.29) is 12.1 Å². The third-order valence-electron chi connectivity index (χ3n) is 3.92. The maximum absolute atomic E-state index is 12.4. The third kappa shape index (κ3) is 1.77. The molecule has 4 atom stereocenters. The molecule has 4 nitrogen and oxygen atoms in total. The summed E-state index contributed by atoms with van der Waals surface area (Å²) in [6.07, 6.45) is 1.99.